The van der Waals surface area contributed by atoms with Crippen LogP contribution >= 0.6 is 0 Å². The van der Waals surface area contributed by atoms with Crippen LogP contribution in [0.5, 0.6) is 11.5 Å². The molecule has 0 aliphatic carbocycles. The Hall–Kier alpha value is -2.36. The maximum absolute atomic E-state index is 13.8. The SMILES string of the molecule is COc1ccc(C(=O)c2c(F)cccc2OC)cc1. The van der Waals surface area contributed by atoms with Gasteiger partial charge >= 0.3 is 0 Å². The number of ketones is 1. The molecule has 0 amide bonds. The van der Waals surface area contributed by atoms with Crippen molar-refractivity contribution in [1.29, 1.82) is 0 Å². The highest BCUT2D eigenvalue weighted by atomic mass is 19.1. The number of benzene rings is 2. The van der Waals surface area contributed by atoms with E-state index in [1.807, 2.05) is 0 Å². The van der Waals surface area contributed by atoms with Crippen LogP contribution in [-0.4, -0.2) is 20.0 Å². The topological polar surface area (TPSA) is 35.5 Å². The van der Waals surface area contributed by atoms with E-state index in [1.54, 1.807) is 30.3 Å². The van der Waals surface area contributed by atoms with E-state index in [-0.39, 0.29) is 11.3 Å². The van der Waals surface area contributed by atoms with Gasteiger partial charge < -0.3 is 9.47 Å². The average Bonchev–Trinajstić information content (AvgIpc) is 2.46. The van der Waals surface area contributed by atoms with Gasteiger partial charge in [-0.3, -0.25) is 4.79 Å². The number of methoxy groups -OCH3 is 2. The predicted molar refractivity (Wildman–Crippen MR) is 69.4 cm³/mol. The molecule has 2 rings (SSSR count). The van der Waals surface area contributed by atoms with Gasteiger partial charge in [-0.25, -0.2) is 4.39 Å². The molecule has 0 spiro atoms. The lowest BCUT2D eigenvalue weighted by molar-refractivity contribution is 0.103. The van der Waals surface area contributed by atoms with Crippen LogP contribution in [0.3, 0.4) is 0 Å². The molecule has 0 aliphatic rings. The first-order valence-electron chi connectivity index (χ1n) is 5.68. The fraction of sp³-hybridized carbons (Fsp3) is 0.133. The molecule has 2 aromatic carbocycles. The standard InChI is InChI=1S/C15H13FO3/c1-18-11-8-6-10(7-9-11)15(17)14-12(16)4-3-5-13(14)19-2/h3-9H,1-2H3. The van der Waals surface area contributed by atoms with Gasteiger partial charge in [0.25, 0.3) is 0 Å². The third-order valence-corrected chi connectivity index (χ3v) is 2.77. The van der Waals surface area contributed by atoms with Gasteiger partial charge in [-0.05, 0) is 36.4 Å². The minimum Gasteiger partial charge on any atom is -0.497 e. The molecule has 0 unspecified atom stereocenters. The average molecular weight is 260 g/mol. The van der Waals surface area contributed by atoms with Crippen LogP contribution in [0.1, 0.15) is 15.9 Å². The van der Waals surface area contributed by atoms with Crippen molar-refractivity contribution >= 4 is 5.78 Å². The third-order valence-electron chi connectivity index (χ3n) is 2.77. The van der Waals surface area contributed by atoms with Crippen LogP contribution in [0.25, 0.3) is 0 Å². The van der Waals surface area contributed by atoms with Crippen molar-refractivity contribution in [3.05, 3.63) is 59.4 Å². The number of ether oxygens (including phenoxy) is 2. The second-order valence-corrected chi connectivity index (χ2v) is 3.87. The predicted octanol–water partition coefficient (Wildman–Crippen LogP) is 3.07. The van der Waals surface area contributed by atoms with Gasteiger partial charge in [0.15, 0.2) is 5.78 Å². The molecule has 0 N–H and O–H groups in total. The molecule has 19 heavy (non-hydrogen) atoms. The first-order chi connectivity index (χ1) is 9.17. The molecule has 0 bridgehead atoms. The lowest BCUT2D eigenvalue weighted by Crippen LogP contribution is -2.06. The Balaban J connectivity index is 2.43. The van der Waals surface area contributed by atoms with Crippen molar-refractivity contribution < 1.29 is 18.7 Å². The van der Waals surface area contributed by atoms with E-state index in [4.69, 9.17) is 9.47 Å². The number of carbonyl (C=O) groups is 1. The van der Waals surface area contributed by atoms with E-state index in [2.05, 4.69) is 0 Å². The van der Waals surface area contributed by atoms with E-state index in [0.717, 1.165) is 0 Å². The van der Waals surface area contributed by atoms with Crippen molar-refractivity contribution in [3.8, 4) is 11.5 Å². The van der Waals surface area contributed by atoms with Gasteiger partial charge in [-0.1, -0.05) is 6.07 Å². The largest absolute Gasteiger partial charge is 0.497 e. The van der Waals surface area contributed by atoms with Crippen molar-refractivity contribution in [3.63, 3.8) is 0 Å². The molecule has 0 radical (unpaired) electrons. The van der Waals surface area contributed by atoms with Crippen LogP contribution < -0.4 is 9.47 Å². The Morgan fingerprint density at radius 3 is 2.26 bits per heavy atom. The van der Waals surface area contributed by atoms with E-state index in [9.17, 15) is 9.18 Å². The van der Waals surface area contributed by atoms with Gasteiger partial charge in [-0.2, -0.15) is 0 Å². The Bertz CT molecular complexity index is 591. The summed E-state index contributed by atoms with van der Waals surface area (Å²) in [6, 6.07) is 10.8. The van der Waals surface area contributed by atoms with Crippen LogP contribution in [-0.2, 0) is 0 Å². The zero-order valence-corrected chi connectivity index (χ0v) is 10.6. The van der Waals surface area contributed by atoms with E-state index in [0.29, 0.717) is 11.3 Å². The molecule has 0 atom stereocenters. The summed E-state index contributed by atoms with van der Waals surface area (Å²) in [6.07, 6.45) is 0. The highest BCUT2D eigenvalue weighted by molar-refractivity contribution is 6.10. The molecule has 0 saturated heterocycles. The molecule has 0 aromatic heterocycles. The van der Waals surface area contributed by atoms with Crippen molar-refractivity contribution in [2.24, 2.45) is 0 Å². The molecule has 0 saturated carbocycles. The highest BCUT2D eigenvalue weighted by Crippen LogP contribution is 2.25. The first kappa shape index (κ1) is 13.1. The summed E-state index contributed by atoms with van der Waals surface area (Å²) in [4.78, 5) is 12.3. The number of carbonyl (C=O) groups excluding carboxylic acids is 1. The molecule has 4 heteroatoms. The van der Waals surface area contributed by atoms with E-state index in [1.165, 1.54) is 26.4 Å². The molecular formula is C15H13FO3. The molecule has 3 nitrogen and oxygen atoms in total. The molecule has 0 aliphatic heterocycles. The summed E-state index contributed by atoms with van der Waals surface area (Å²) < 4.78 is 23.8. The summed E-state index contributed by atoms with van der Waals surface area (Å²) in [5.74, 6) is -0.157. The van der Waals surface area contributed by atoms with Gasteiger partial charge in [0, 0.05) is 5.56 Å². The summed E-state index contributed by atoms with van der Waals surface area (Å²) in [5.41, 5.74) is 0.319. The number of hydrogen-bond acceptors (Lipinski definition) is 3. The van der Waals surface area contributed by atoms with Crippen LogP contribution in [0, 0.1) is 5.82 Å². The second-order valence-electron chi connectivity index (χ2n) is 3.87. The molecule has 0 heterocycles. The fourth-order valence-corrected chi connectivity index (χ4v) is 1.78. The smallest absolute Gasteiger partial charge is 0.199 e. The van der Waals surface area contributed by atoms with Crippen molar-refractivity contribution in [2.45, 2.75) is 0 Å². The van der Waals surface area contributed by atoms with Crippen LogP contribution in [0.4, 0.5) is 4.39 Å². The maximum atomic E-state index is 13.8. The second kappa shape index (κ2) is 5.52. The first-order valence-corrected chi connectivity index (χ1v) is 5.68. The highest BCUT2D eigenvalue weighted by Gasteiger charge is 2.19. The number of hydrogen-bond donors (Lipinski definition) is 0. The van der Waals surface area contributed by atoms with Crippen molar-refractivity contribution in [1.82, 2.24) is 0 Å². The van der Waals surface area contributed by atoms with Gasteiger partial charge in [0.05, 0.1) is 14.2 Å². The van der Waals surface area contributed by atoms with Gasteiger partial charge in [-0.15, -0.1) is 0 Å². The monoisotopic (exact) mass is 260 g/mol. The van der Waals surface area contributed by atoms with E-state index >= 15 is 0 Å². The molecular weight excluding hydrogens is 247 g/mol. The fourth-order valence-electron chi connectivity index (χ4n) is 1.78. The Labute approximate surface area is 110 Å². The van der Waals surface area contributed by atoms with E-state index < -0.39 is 11.6 Å². The van der Waals surface area contributed by atoms with Crippen LogP contribution in [0.2, 0.25) is 0 Å². The molecule has 98 valence electrons. The lowest BCUT2D eigenvalue weighted by Gasteiger charge is -2.09. The van der Waals surface area contributed by atoms with Gasteiger partial charge in [0.2, 0.25) is 0 Å². The Kier molecular flexibility index (Phi) is 3.80. The third kappa shape index (κ3) is 2.57. The summed E-state index contributed by atoms with van der Waals surface area (Å²) >= 11 is 0. The summed E-state index contributed by atoms with van der Waals surface area (Å²) in [7, 11) is 2.94. The van der Waals surface area contributed by atoms with Crippen molar-refractivity contribution in [2.75, 3.05) is 14.2 Å². The maximum Gasteiger partial charge on any atom is 0.199 e. The minimum atomic E-state index is -0.597. The zero-order valence-electron chi connectivity index (χ0n) is 10.6. The molecule has 0 fully saturated rings. The number of halogens is 1. The Morgan fingerprint density at radius 1 is 1.00 bits per heavy atom. The van der Waals surface area contributed by atoms with Crippen LogP contribution in [0.15, 0.2) is 42.5 Å². The normalized spacial score (nSPS) is 10.1. The Morgan fingerprint density at radius 2 is 1.68 bits per heavy atom. The number of rotatable bonds is 4. The summed E-state index contributed by atoms with van der Waals surface area (Å²) in [6.45, 7) is 0. The minimum absolute atomic E-state index is 0.0600. The lowest BCUT2D eigenvalue weighted by atomic mass is 10.0. The van der Waals surface area contributed by atoms with Gasteiger partial charge in [0.1, 0.15) is 22.9 Å². The molecule has 2 aromatic rings. The quantitative estimate of drug-likeness (QED) is 0.792. The zero-order chi connectivity index (χ0) is 13.8. The summed E-state index contributed by atoms with van der Waals surface area (Å²) in [5, 5.41) is 0.